The van der Waals surface area contributed by atoms with Crippen molar-refractivity contribution in [1.29, 1.82) is 0 Å². The molecule has 5 heteroatoms. The Kier molecular flexibility index (Phi) is 7.68. The number of hydrazine groups is 1. The summed E-state index contributed by atoms with van der Waals surface area (Å²) in [5, 5.41) is 10.5. The fourth-order valence-electron chi connectivity index (χ4n) is 1.06. The molecular formula is C6H16Cl2N2O. The molecule has 0 bridgehead atoms. The van der Waals surface area contributed by atoms with Crippen molar-refractivity contribution in [2.75, 3.05) is 19.7 Å². The Morgan fingerprint density at radius 1 is 1.55 bits per heavy atom. The molecule has 0 saturated carbocycles. The second kappa shape index (κ2) is 6.03. The quantitative estimate of drug-likeness (QED) is 0.633. The van der Waals surface area contributed by atoms with E-state index in [4.69, 9.17) is 10.9 Å². The normalized spacial score (nSPS) is 21.0. The van der Waals surface area contributed by atoms with Crippen molar-refractivity contribution >= 4 is 24.8 Å². The molecular weight excluding hydrogens is 187 g/mol. The van der Waals surface area contributed by atoms with Gasteiger partial charge in [-0.25, -0.2) is 5.01 Å². The molecule has 3 N–H and O–H groups in total. The molecule has 1 heterocycles. The first-order valence-electron chi connectivity index (χ1n) is 3.34. The summed E-state index contributed by atoms with van der Waals surface area (Å²) >= 11 is 0. The molecule has 1 atom stereocenters. The van der Waals surface area contributed by atoms with Gasteiger partial charge >= 0.3 is 0 Å². The summed E-state index contributed by atoms with van der Waals surface area (Å²) in [5.74, 6) is 6.46. The van der Waals surface area contributed by atoms with E-state index in [0.717, 1.165) is 13.1 Å². The molecule has 1 rings (SSSR count). The van der Waals surface area contributed by atoms with E-state index >= 15 is 0 Å². The minimum atomic E-state index is 0. The summed E-state index contributed by atoms with van der Waals surface area (Å²) in [6.45, 7) is 4.24. The second-order valence-corrected chi connectivity index (χ2v) is 2.87. The highest BCUT2D eigenvalue weighted by Gasteiger charge is 2.28. The zero-order valence-electron chi connectivity index (χ0n) is 6.56. The van der Waals surface area contributed by atoms with Crippen LogP contribution in [-0.4, -0.2) is 29.8 Å². The predicted octanol–water partition coefficient (Wildman–Crippen LogP) is 0.264. The van der Waals surface area contributed by atoms with Gasteiger partial charge in [-0.3, -0.25) is 5.84 Å². The number of nitrogens with two attached hydrogens (primary N) is 1. The van der Waals surface area contributed by atoms with Gasteiger partial charge in [-0.2, -0.15) is 0 Å². The standard InChI is InChI=1S/C6H14N2O.2ClH/c1-5(4-9)6-2-8(7)3-6;;/h5-6,9H,2-4,7H2,1H3;2*1H. The van der Waals surface area contributed by atoms with Gasteiger partial charge in [0.1, 0.15) is 0 Å². The third-order valence-electron chi connectivity index (χ3n) is 2.03. The van der Waals surface area contributed by atoms with Crippen LogP contribution in [0.15, 0.2) is 0 Å². The third kappa shape index (κ3) is 3.58. The van der Waals surface area contributed by atoms with Crippen molar-refractivity contribution in [1.82, 2.24) is 5.01 Å². The third-order valence-corrected chi connectivity index (χ3v) is 2.03. The van der Waals surface area contributed by atoms with Gasteiger partial charge in [-0.15, -0.1) is 24.8 Å². The number of hydrogen-bond donors (Lipinski definition) is 2. The van der Waals surface area contributed by atoms with Crippen LogP contribution in [-0.2, 0) is 0 Å². The lowest BCUT2D eigenvalue weighted by Crippen LogP contribution is -2.53. The average molecular weight is 203 g/mol. The summed E-state index contributed by atoms with van der Waals surface area (Å²) in [6, 6.07) is 0. The van der Waals surface area contributed by atoms with Gasteiger partial charge in [0, 0.05) is 19.7 Å². The smallest absolute Gasteiger partial charge is 0.0460 e. The molecule has 3 nitrogen and oxygen atoms in total. The molecule has 0 aliphatic carbocycles. The highest BCUT2D eigenvalue weighted by atomic mass is 35.5. The van der Waals surface area contributed by atoms with E-state index in [1.165, 1.54) is 0 Å². The van der Waals surface area contributed by atoms with Crippen molar-refractivity contribution in [3.8, 4) is 0 Å². The van der Waals surface area contributed by atoms with Crippen molar-refractivity contribution < 1.29 is 5.11 Å². The van der Waals surface area contributed by atoms with E-state index in [2.05, 4.69) is 6.92 Å². The highest BCUT2D eigenvalue weighted by Crippen LogP contribution is 2.19. The maximum Gasteiger partial charge on any atom is 0.0460 e. The number of hydrogen-bond acceptors (Lipinski definition) is 3. The van der Waals surface area contributed by atoms with Crippen LogP contribution in [0.4, 0.5) is 0 Å². The van der Waals surface area contributed by atoms with Gasteiger partial charge in [0.25, 0.3) is 0 Å². The number of aliphatic hydroxyl groups excluding tert-OH is 1. The molecule has 70 valence electrons. The summed E-state index contributed by atoms with van der Waals surface area (Å²) in [7, 11) is 0. The Labute approximate surface area is 79.7 Å². The highest BCUT2D eigenvalue weighted by molar-refractivity contribution is 5.85. The summed E-state index contributed by atoms with van der Waals surface area (Å²) in [6.07, 6.45) is 0. The Balaban J connectivity index is 0. The lowest BCUT2D eigenvalue weighted by molar-refractivity contribution is 0.0400. The SMILES string of the molecule is CC(CO)C1CN(N)C1.Cl.Cl. The fourth-order valence-corrected chi connectivity index (χ4v) is 1.06. The molecule has 1 aliphatic heterocycles. The second-order valence-electron chi connectivity index (χ2n) is 2.87. The van der Waals surface area contributed by atoms with Crippen LogP contribution in [0.5, 0.6) is 0 Å². The summed E-state index contributed by atoms with van der Waals surface area (Å²) in [5.41, 5.74) is 0. The maximum atomic E-state index is 8.70. The monoisotopic (exact) mass is 202 g/mol. The number of halogens is 2. The van der Waals surface area contributed by atoms with Gasteiger partial charge < -0.3 is 5.11 Å². The number of nitrogens with zero attached hydrogens (tertiary/aromatic N) is 1. The summed E-state index contributed by atoms with van der Waals surface area (Å²) in [4.78, 5) is 0. The van der Waals surface area contributed by atoms with E-state index in [1.807, 2.05) is 0 Å². The first-order valence-corrected chi connectivity index (χ1v) is 3.34. The van der Waals surface area contributed by atoms with E-state index in [-0.39, 0.29) is 24.8 Å². The lowest BCUT2D eigenvalue weighted by Gasteiger charge is -2.38. The molecule has 0 aromatic carbocycles. The fraction of sp³-hybridized carbons (Fsp3) is 1.00. The molecule has 0 aromatic rings. The van der Waals surface area contributed by atoms with E-state index in [9.17, 15) is 0 Å². The van der Waals surface area contributed by atoms with E-state index in [0.29, 0.717) is 18.4 Å². The predicted molar refractivity (Wildman–Crippen MR) is 50.0 cm³/mol. The van der Waals surface area contributed by atoms with E-state index < -0.39 is 0 Å². The van der Waals surface area contributed by atoms with E-state index in [1.54, 1.807) is 5.01 Å². The van der Waals surface area contributed by atoms with Gasteiger partial charge in [-0.05, 0) is 11.8 Å². The molecule has 0 radical (unpaired) electrons. The van der Waals surface area contributed by atoms with Crippen molar-refractivity contribution in [3.63, 3.8) is 0 Å². The van der Waals surface area contributed by atoms with Crippen molar-refractivity contribution in [3.05, 3.63) is 0 Å². The minimum Gasteiger partial charge on any atom is -0.396 e. The zero-order chi connectivity index (χ0) is 6.85. The topological polar surface area (TPSA) is 49.5 Å². The largest absolute Gasteiger partial charge is 0.396 e. The maximum absolute atomic E-state index is 8.70. The van der Waals surface area contributed by atoms with Crippen LogP contribution < -0.4 is 5.84 Å². The van der Waals surface area contributed by atoms with Crippen LogP contribution in [0.2, 0.25) is 0 Å². The average Bonchev–Trinajstić information content (AvgIpc) is 1.79. The van der Waals surface area contributed by atoms with Crippen LogP contribution in [0.3, 0.4) is 0 Å². The van der Waals surface area contributed by atoms with Crippen LogP contribution in [0.25, 0.3) is 0 Å². The van der Waals surface area contributed by atoms with Crippen LogP contribution >= 0.6 is 24.8 Å². The molecule has 1 saturated heterocycles. The molecule has 0 amide bonds. The molecule has 1 unspecified atom stereocenters. The Bertz CT molecular complexity index is 98.6. The molecule has 1 fully saturated rings. The Hall–Kier alpha value is 0.460. The molecule has 0 aromatic heterocycles. The molecule has 0 spiro atoms. The first-order chi connectivity index (χ1) is 4.24. The van der Waals surface area contributed by atoms with Crippen LogP contribution in [0.1, 0.15) is 6.92 Å². The number of aliphatic hydroxyl groups is 1. The van der Waals surface area contributed by atoms with Gasteiger partial charge in [0.05, 0.1) is 0 Å². The van der Waals surface area contributed by atoms with Gasteiger partial charge in [0.15, 0.2) is 0 Å². The van der Waals surface area contributed by atoms with Gasteiger partial charge in [0.2, 0.25) is 0 Å². The number of rotatable bonds is 2. The van der Waals surface area contributed by atoms with Gasteiger partial charge in [-0.1, -0.05) is 6.92 Å². The zero-order valence-corrected chi connectivity index (χ0v) is 8.20. The van der Waals surface area contributed by atoms with Crippen molar-refractivity contribution in [2.24, 2.45) is 17.7 Å². The van der Waals surface area contributed by atoms with Crippen molar-refractivity contribution in [2.45, 2.75) is 6.92 Å². The van der Waals surface area contributed by atoms with Crippen LogP contribution in [0, 0.1) is 11.8 Å². The Morgan fingerprint density at radius 2 is 2.00 bits per heavy atom. The minimum absolute atomic E-state index is 0. The Morgan fingerprint density at radius 3 is 2.27 bits per heavy atom. The molecule has 11 heavy (non-hydrogen) atoms. The summed E-state index contributed by atoms with van der Waals surface area (Å²) < 4.78 is 0. The molecule has 1 aliphatic rings. The lowest BCUT2D eigenvalue weighted by atomic mass is 9.89. The first kappa shape index (κ1) is 14.0.